The van der Waals surface area contributed by atoms with Crippen molar-refractivity contribution in [2.24, 2.45) is 11.1 Å². The van der Waals surface area contributed by atoms with Crippen molar-refractivity contribution in [3.8, 4) is 0 Å². The lowest BCUT2D eigenvalue weighted by Crippen LogP contribution is -2.43. The molecule has 0 aromatic heterocycles. The maximum absolute atomic E-state index is 13.7. The number of nitrogens with zero attached hydrogens (tertiary/aromatic N) is 1. The SMILES string of the molecule is CO/N=C1\CCS(=O)(=O)c2ccc(C(=O)C3C(=O)CCCC3S(=O)(=O)c3ccccc3)c(C)c21. The van der Waals surface area contributed by atoms with Gasteiger partial charge in [-0.3, -0.25) is 9.59 Å². The number of carbonyl (C=O) groups excluding carboxylic acids is 2. The Morgan fingerprint density at radius 3 is 2.47 bits per heavy atom. The molecule has 2 aromatic rings. The van der Waals surface area contributed by atoms with Gasteiger partial charge in [-0.1, -0.05) is 23.4 Å². The number of oxime groups is 1. The van der Waals surface area contributed by atoms with Crippen molar-refractivity contribution < 1.29 is 31.3 Å². The van der Waals surface area contributed by atoms with Crippen LogP contribution in [0.1, 0.15) is 47.2 Å². The Hall–Kier alpha value is -2.85. The number of hydrogen-bond acceptors (Lipinski definition) is 8. The summed E-state index contributed by atoms with van der Waals surface area (Å²) in [7, 11) is -6.17. The van der Waals surface area contributed by atoms with Crippen molar-refractivity contribution >= 4 is 37.0 Å². The fourth-order valence-corrected chi connectivity index (χ4v) is 8.38. The van der Waals surface area contributed by atoms with E-state index in [1.54, 1.807) is 25.1 Å². The van der Waals surface area contributed by atoms with Crippen molar-refractivity contribution in [1.82, 2.24) is 0 Å². The molecular formula is C24H25NO7S2. The van der Waals surface area contributed by atoms with Crippen LogP contribution in [0.2, 0.25) is 0 Å². The fourth-order valence-electron chi connectivity index (χ4n) is 4.85. The van der Waals surface area contributed by atoms with Crippen molar-refractivity contribution in [3.63, 3.8) is 0 Å². The van der Waals surface area contributed by atoms with Gasteiger partial charge in [0.25, 0.3) is 0 Å². The quantitative estimate of drug-likeness (QED) is 0.349. The van der Waals surface area contributed by atoms with E-state index in [0.29, 0.717) is 17.7 Å². The van der Waals surface area contributed by atoms with E-state index >= 15 is 0 Å². The van der Waals surface area contributed by atoms with Crippen LogP contribution in [0.4, 0.5) is 0 Å². The molecule has 0 radical (unpaired) electrons. The molecule has 4 rings (SSSR count). The van der Waals surface area contributed by atoms with Crippen LogP contribution in [0.15, 0.2) is 57.4 Å². The number of sulfone groups is 2. The van der Waals surface area contributed by atoms with E-state index in [4.69, 9.17) is 4.84 Å². The number of ketones is 2. The molecule has 0 bridgehead atoms. The predicted octanol–water partition coefficient (Wildman–Crippen LogP) is 2.92. The highest BCUT2D eigenvalue weighted by Gasteiger charge is 2.46. The molecule has 0 spiro atoms. The Labute approximate surface area is 198 Å². The monoisotopic (exact) mass is 503 g/mol. The zero-order valence-electron chi connectivity index (χ0n) is 18.9. The van der Waals surface area contributed by atoms with E-state index in [-0.39, 0.29) is 45.9 Å². The third kappa shape index (κ3) is 4.09. The van der Waals surface area contributed by atoms with Crippen molar-refractivity contribution in [1.29, 1.82) is 0 Å². The van der Waals surface area contributed by atoms with Crippen molar-refractivity contribution in [3.05, 3.63) is 59.2 Å². The van der Waals surface area contributed by atoms with E-state index in [1.165, 1.54) is 31.4 Å². The Balaban J connectivity index is 1.84. The van der Waals surface area contributed by atoms with Crippen LogP contribution < -0.4 is 0 Å². The molecule has 1 heterocycles. The topological polar surface area (TPSA) is 124 Å². The second-order valence-corrected chi connectivity index (χ2v) is 12.7. The molecule has 8 nitrogen and oxygen atoms in total. The Kier molecular flexibility index (Phi) is 6.48. The van der Waals surface area contributed by atoms with Crippen LogP contribution in [0, 0.1) is 12.8 Å². The molecule has 10 heteroatoms. The number of benzene rings is 2. The molecule has 2 unspecified atom stereocenters. The van der Waals surface area contributed by atoms with Gasteiger partial charge < -0.3 is 4.84 Å². The molecule has 0 N–H and O–H groups in total. The molecule has 1 aliphatic heterocycles. The molecule has 180 valence electrons. The Morgan fingerprint density at radius 1 is 1.09 bits per heavy atom. The van der Waals surface area contributed by atoms with Crippen LogP contribution >= 0.6 is 0 Å². The van der Waals surface area contributed by atoms with Gasteiger partial charge in [0.05, 0.1) is 32.4 Å². The lowest BCUT2D eigenvalue weighted by molar-refractivity contribution is -0.122. The van der Waals surface area contributed by atoms with E-state index in [9.17, 15) is 26.4 Å². The average molecular weight is 504 g/mol. The minimum atomic E-state index is -3.95. The standard InChI is InChI=1S/C24H25NO7S2/c1-15-17(11-12-20-22(15)18(25-32-2)13-14-33(20,28)29)24(27)23-19(26)9-6-10-21(23)34(30,31)16-7-4-3-5-8-16/h3-5,7-8,11-12,21,23H,6,9-10,13-14H2,1-2H3/b25-18+. The van der Waals surface area contributed by atoms with Gasteiger partial charge in [0, 0.05) is 24.0 Å². The number of carbonyl (C=O) groups is 2. The van der Waals surface area contributed by atoms with Crippen LogP contribution in [-0.4, -0.2) is 52.2 Å². The Bertz CT molecular complexity index is 1390. The minimum Gasteiger partial charge on any atom is -0.399 e. The third-order valence-corrected chi connectivity index (χ3v) is 10.5. The first-order chi connectivity index (χ1) is 16.1. The smallest absolute Gasteiger partial charge is 0.182 e. The summed E-state index contributed by atoms with van der Waals surface area (Å²) in [6.07, 6.45) is 0.806. The van der Waals surface area contributed by atoms with Crippen LogP contribution in [0.25, 0.3) is 0 Å². The van der Waals surface area contributed by atoms with Crippen LogP contribution in [0.5, 0.6) is 0 Å². The maximum atomic E-state index is 13.7. The summed E-state index contributed by atoms with van der Waals surface area (Å²) in [5.41, 5.74) is 1.14. The summed E-state index contributed by atoms with van der Waals surface area (Å²) in [5, 5.41) is 2.77. The fraction of sp³-hybridized carbons (Fsp3) is 0.375. The van der Waals surface area contributed by atoms with Gasteiger partial charge in [-0.2, -0.15) is 0 Å². The first-order valence-corrected chi connectivity index (χ1v) is 14.1. The maximum Gasteiger partial charge on any atom is 0.182 e. The average Bonchev–Trinajstić information content (AvgIpc) is 2.81. The molecule has 34 heavy (non-hydrogen) atoms. The molecule has 1 fully saturated rings. The second kappa shape index (κ2) is 9.07. The van der Waals surface area contributed by atoms with Gasteiger partial charge in [-0.25, -0.2) is 16.8 Å². The highest BCUT2D eigenvalue weighted by Crippen LogP contribution is 2.36. The third-order valence-electron chi connectivity index (χ3n) is 6.51. The van der Waals surface area contributed by atoms with Crippen molar-refractivity contribution in [2.75, 3.05) is 12.9 Å². The summed E-state index contributed by atoms with van der Waals surface area (Å²) in [6.45, 7) is 1.59. The normalized spacial score (nSPS) is 23.4. The highest BCUT2D eigenvalue weighted by atomic mass is 32.2. The summed E-state index contributed by atoms with van der Waals surface area (Å²) < 4.78 is 52.1. The molecule has 0 saturated heterocycles. The predicted molar refractivity (Wildman–Crippen MR) is 125 cm³/mol. The zero-order valence-corrected chi connectivity index (χ0v) is 20.5. The van der Waals surface area contributed by atoms with Gasteiger partial charge in [0.2, 0.25) is 0 Å². The van der Waals surface area contributed by atoms with E-state index in [1.807, 2.05) is 0 Å². The lowest BCUT2D eigenvalue weighted by Gasteiger charge is -2.30. The summed E-state index contributed by atoms with van der Waals surface area (Å²) >= 11 is 0. The minimum absolute atomic E-state index is 0.0482. The van der Waals surface area contributed by atoms with Gasteiger partial charge in [-0.15, -0.1) is 0 Å². The molecule has 1 aliphatic carbocycles. The second-order valence-electron chi connectivity index (χ2n) is 8.50. The molecule has 2 aliphatic rings. The number of fused-ring (bicyclic) bond motifs is 1. The van der Waals surface area contributed by atoms with E-state index in [2.05, 4.69) is 5.16 Å². The number of rotatable bonds is 5. The lowest BCUT2D eigenvalue weighted by atomic mass is 9.80. The molecule has 2 atom stereocenters. The van der Waals surface area contributed by atoms with Gasteiger partial charge in [0.15, 0.2) is 25.5 Å². The number of hydrogen-bond donors (Lipinski definition) is 0. The zero-order chi connectivity index (χ0) is 24.7. The van der Waals surface area contributed by atoms with Gasteiger partial charge in [-0.05, 0) is 49.6 Å². The largest absolute Gasteiger partial charge is 0.399 e. The first-order valence-electron chi connectivity index (χ1n) is 10.9. The number of Topliss-reactive ketones (excluding diaryl/α,β-unsaturated/α-hetero) is 2. The highest BCUT2D eigenvalue weighted by molar-refractivity contribution is 7.92. The summed E-state index contributed by atoms with van der Waals surface area (Å²) in [4.78, 5) is 31.7. The molecular weight excluding hydrogens is 478 g/mol. The van der Waals surface area contributed by atoms with E-state index in [0.717, 1.165) is 0 Å². The molecule has 1 saturated carbocycles. The molecule has 0 amide bonds. The summed E-state index contributed by atoms with van der Waals surface area (Å²) in [5.74, 6) is -2.53. The van der Waals surface area contributed by atoms with E-state index < -0.39 is 42.4 Å². The molecule has 2 aromatic carbocycles. The summed E-state index contributed by atoms with van der Waals surface area (Å²) in [6, 6.07) is 10.5. The van der Waals surface area contributed by atoms with Gasteiger partial charge >= 0.3 is 0 Å². The first kappa shape index (κ1) is 24.3. The van der Waals surface area contributed by atoms with Gasteiger partial charge in [0.1, 0.15) is 12.9 Å². The van der Waals surface area contributed by atoms with Crippen LogP contribution in [0.3, 0.4) is 0 Å². The van der Waals surface area contributed by atoms with Crippen molar-refractivity contribution in [2.45, 2.75) is 47.6 Å². The van der Waals surface area contributed by atoms with Crippen LogP contribution in [-0.2, 0) is 29.3 Å². The Morgan fingerprint density at radius 2 is 1.79 bits per heavy atom.